The average Bonchev–Trinajstić information content (AvgIpc) is 2.38. The van der Waals surface area contributed by atoms with Gasteiger partial charge in [0.05, 0.1) is 0 Å². The SMILES string of the molecule is CC(NCC1CCCCN1)c1ccccc1Br. The van der Waals surface area contributed by atoms with Crippen molar-refractivity contribution in [3.8, 4) is 0 Å². The Hall–Kier alpha value is -0.380. The van der Waals surface area contributed by atoms with Gasteiger partial charge in [-0.2, -0.15) is 0 Å². The van der Waals surface area contributed by atoms with Gasteiger partial charge < -0.3 is 10.6 Å². The molecule has 94 valence electrons. The van der Waals surface area contributed by atoms with E-state index in [-0.39, 0.29) is 0 Å². The number of rotatable bonds is 4. The highest BCUT2D eigenvalue weighted by Crippen LogP contribution is 2.22. The van der Waals surface area contributed by atoms with Crippen LogP contribution in [0.3, 0.4) is 0 Å². The van der Waals surface area contributed by atoms with Crippen molar-refractivity contribution in [3.63, 3.8) is 0 Å². The molecule has 0 aromatic heterocycles. The van der Waals surface area contributed by atoms with Crippen molar-refractivity contribution in [1.29, 1.82) is 0 Å². The minimum atomic E-state index is 0.398. The Balaban J connectivity index is 1.84. The molecule has 2 unspecified atom stereocenters. The Labute approximate surface area is 112 Å². The van der Waals surface area contributed by atoms with Crippen LogP contribution in [0.4, 0.5) is 0 Å². The molecule has 1 aliphatic rings. The van der Waals surface area contributed by atoms with Crippen LogP contribution in [0, 0.1) is 0 Å². The fourth-order valence-corrected chi connectivity index (χ4v) is 2.98. The van der Waals surface area contributed by atoms with Gasteiger partial charge in [0.1, 0.15) is 0 Å². The maximum atomic E-state index is 3.62. The molecular formula is C14H21BrN2. The molecule has 0 bridgehead atoms. The predicted octanol–water partition coefficient (Wildman–Crippen LogP) is 3.24. The third-order valence-corrected chi connectivity index (χ3v) is 4.18. The van der Waals surface area contributed by atoms with Crippen molar-refractivity contribution in [2.24, 2.45) is 0 Å². The molecule has 1 aromatic carbocycles. The summed E-state index contributed by atoms with van der Waals surface area (Å²) < 4.78 is 1.19. The second-order valence-electron chi connectivity index (χ2n) is 4.80. The first-order valence-electron chi connectivity index (χ1n) is 6.48. The highest BCUT2D eigenvalue weighted by molar-refractivity contribution is 9.10. The summed E-state index contributed by atoms with van der Waals surface area (Å²) in [6, 6.07) is 9.48. The van der Waals surface area contributed by atoms with E-state index in [1.54, 1.807) is 0 Å². The van der Waals surface area contributed by atoms with E-state index in [0.717, 1.165) is 6.54 Å². The van der Waals surface area contributed by atoms with E-state index in [1.807, 2.05) is 0 Å². The van der Waals surface area contributed by atoms with Gasteiger partial charge in [-0.1, -0.05) is 40.5 Å². The summed E-state index contributed by atoms with van der Waals surface area (Å²) in [7, 11) is 0. The molecular weight excluding hydrogens is 276 g/mol. The summed E-state index contributed by atoms with van der Waals surface area (Å²) in [5.41, 5.74) is 1.34. The highest BCUT2D eigenvalue weighted by atomic mass is 79.9. The standard InChI is InChI=1S/C14H21BrN2/c1-11(13-7-2-3-8-14(13)15)17-10-12-6-4-5-9-16-12/h2-3,7-8,11-12,16-17H,4-6,9-10H2,1H3. The van der Waals surface area contributed by atoms with Crippen molar-refractivity contribution >= 4 is 15.9 Å². The summed E-state index contributed by atoms with van der Waals surface area (Å²) in [5.74, 6) is 0. The minimum absolute atomic E-state index is 0.398. The summed E-state index contributed by atoms with van der Waals surface area (Å²) in [6.07, 6.45) is 3.99. The van der Waals surface area contributed by atoms with Crippen LogP contribution in [-0.4, -0.2) is 19.1 Å². The summed E-state index contributed by atoms with van der Waals surface area (Å²) in [5, 5.41) is 7.18. The van der Waals surface area contributed by atoms with E-state index in [2.05, 4.69) is 57.8 Å². The monoisotopic (exact) mass is 296 g/mol. The molecule has 2 nitrogen and oxygen atoms in total. The maximum absolute atomic E-state index is 3.62. The Morgan fingerprint density at radius 3 is 2.94 bits per heavy atom. The van der Waals surface area contributed by atoms with E-state index in [9.17, 15) is 0 Å². The number of halogens is 1. The van der Waals surface area contributed by atoms with Gasteiger partial charge in [0.15, 0.2) is 0 Å². The van der Waals surface area contributed by atoms with Gasteiger partial charge in [-0.15, -0.1) is 0 Å². The van der Waals surface area contributed by atoms with E-state index in [1.165, 1.54) is 35.8 Å². The van der Waals surface area contributed by atoms with Gasteiger partial charge in [-0.25, -0.2) is 0 Å². The Morgan fingerprint density at radius 1 is 1.41 bits per heavy atom. The van der Waals surface area contributed by atoms with Crippen LogP contribution >= 0.6 is 15.9 Å². The first kappa shape index (κ1) is 13.1. The van der Waals surface area contributed by atoms with Gasteiger partial charge in [0.2, 0.25) is 0 Å². The third-order valence-electron chi connectivity index (χ3n) is 3.45. The van der Waals surface area contributed by atoms with Crippen molar-refractivity contribution in [2.75, 3.05) is 13.1 Å². The molecule has 0 aliphatic carbocycles. The summed E-state index contributed by atoms with van der Waals surface area (Å²) >= 11 is 3.61. The lowest BCUT2D eigenvalue weighted by atomic mass is 10.0. The van der Waals surface area contributed by atoms with Crippen molar-refractivity contribution in [2.45, 2.75) is 38.3 Å². The Bertz CT molecular complexity index is 348. The zero-order valence-electron chi connectivity index (χ0n) is 10.4. The summed E-state index contributed by atoms with van der Waals surface area (Å²) in [4.78, 5) is 0. The van der Waals surface area contributed by atoms with Gasteiger partial charge >= 0.3 is 0 Å². The van der Waals surface area contributed by atoms with E-state index < -0.39 is 0 Å². The minimum Gasteiger partial charge on any atom is -0.313 e. The molecule has 2 N–H and O–H groups in total. The second-order valence-corrected chi connectivity index (χ2v) is 5.65. The number of piperidine rings is 1. The number of benzene rings is 1. The molecule has 1 fully saturated rings. The quantitative estimate of drug-likeness (QED) is 0.891. The third kappa shape index (κ3) is 3.80. The molecule has 0 amide bonds. The van der Waals surface area contributed by atoms with Crippen LogP contribution in [0.25, 0.3) is 0 Å². The topological polar surface area (TPSA) is 24.1 Å². The van der Waals surface area contributed by atoms with Crippen LogP contribution in [0.15, 0.2) is 28.7 Å². The number of nitrogens with one attached hydrogen (secondary N) is 2. The lowest BCUT2D eigenvalue weighted by molar-refractivity contribution is 0.371. The molecule has 2 atom stereocenters. The predicted molar refractivity (Wildman–Crippen MR) is 76.2 cm³/mol. The van der Waals surface area contributed by atoms with Gasteiger partial charge in [-0.3, -0.25) is 0 Å². The smallest absolute Gasteiger partial charge is 0.0303 e. The molecule has 1 aromatic rings. The first-order chi connectivity index (χ1) is 8.27. The van der Waals surface area contributed by atoms with Gasteiger partial charge in [0.25, 0.3) is 0 Å². The molecule has 0 saturated carbocycles. The van der Waals surface area contributed by atoms with Crippen LogP contribution in [0.2, 0.25) is 0 Å². The fraction of sp³-hybridized carbons (Fsp3) is 0.571. The Morgan fingerprint density at radius 2 is 2.24 bits per heavy atom. The first-order valence-corrected chi connectivity index (χ1v) is 7.28. The van der Waals surface area contributed by atoms with Crippen LogP contribution in [0.5, 0.6) is 0 Å². The lowest BCUT2D eigenvalue weighted by Gasteiger charge is -2.26. The highest BCUT2D eigenvalue weighted by Gasteiger charge is 2.14. The van der Waals surface area contributed by atoms with Crippen molar-refractivity contribution in [1.82, 2.24) is 10.6 Å². The van der Waals surface area contributed by atoms with Crippen LogP contribution < -0.4 is 10.6 Å². The molecule has 1 saturated heterocycles. The van der Waals surface area contributed by atoms with Crippen molar-refractivity contribution < 1.29 is 0 Å². The van der Waals surface area contributed by atoms with E-state index >= 15 is 0 Å². The van der Waals surface area contributed by atoms with E-state index in [4.69, 9.17) is 0 Å². The molecule has 0 spiro atoms. The molecule has 3 heteroatoms. The number of hydrogen-bond donors (Lipinski definition) is 2. The molecule has 1 heterocycles. The molecule has 1 aliphatic heterocycles. The zero-order valence-corrected chi connectivity index (χ0v) is 12.0. The zero-order chi connectivity index (χ0) is 12.1. The van der Waals surface area contributed by atoms with Gasteiger partial charge in [0, 0.05) is 23.1 Å². The Kier molecular flexibility index (Phi) is 5.01. The molecule has 2 rings (SSSR count). The lowest BCUT2D eigenvalue weighted by Crippen LogP contribution is -2.42. The normalized spacial score (nSPS) is 22.4. The van der Waals surface area contributed by atoms with Crippen LogP contribution in [0.1, 0.15) is 37.8 Å². The van der Waals surface area contributed by atoms with Gasteiger partial charge in [-0.05, 0) is 37.9 Å². The second kappa shape index (κ2) is 6.53. The average molecular weight is 297 g/mol. The summed E-state index contributed by atoms with van der Waals surface area (Å²) in [6.45, 7) is 4.46. The van der Waals surface area contributed by atoms with Crippen molar-refractivity contribution in [3.05, 3.63) is 34.3 Å². The number of hydrogen-bond acceptors (Lipinski definition) is 2. The maximum Gasteiger partial charge on any atom is 0.0303 e. The fourth-order valence-electron chi connectivity index (χ4n) is 2.35. The van der Waals surface area contributed by atoms with E-state index in [0.29, 0.717) is 12.1 Å². The molecule has 17 heavy (non-hydrogen) atoms. The van der Waals surface area contributed by atoms with Crippen LogP contribution in [-0.2, 0) is 0 Å². The largest absolute Gasteiger partial charge is 0.313 e. The molecule has 0 radical (unpaired) electrons.